The van der Waals surface area contributed by atoms with Gasteiger partial charge in [0, 0.05) is 19.0 Å². The van der Waals surface area contributed by atoms with Crippen molar-refractivity contribution in [2.45, 2.75) is 58.0 Å². The maximum absolute atomic E-state index is 6.50. The third-order valence-electron chi connectivity index (χ3n) is 3.86. The zero-order valence-corrected chi connectivity index (χ0v) is 11.6. The quantitative estimate of drug-likeness (QED) is 0.886. The van der Waals surface area contributed by atoms with Crippen molar-refractivity contribution in [2.24, 2.45) is 5.73 Å². The minimum atomic E-state index is -0.416. The first kappa shape index (κ1) is 13.5. The normalized spacial score (nSPS) is 26.5. The second kappa shape index (κ2) is 5.36. The van der Waals surface area contributed by atoms with Crippen LogP contribution in [0.15, 0.2) is 4.52 Å². The lowest BCUT2D eigenvalue weighted by molar-refractivity contribution is 0.223. The Morgan fingerprint density at radius 1 is 1.39 bits per heavy atom. The van der Waals surface area contributed by atoms with Crippen LogP contribution in [0.3, 0.4) is 0 Å². The summed E-state index contributed by atoms with van der Waals surface area (Å²) < 4.78 is 5.19. The molecule has 1 aromatic heterocycles. The molecule has 0 bridgehead atoms. The first-order valence-electron chi connectivity index (χ1n) is 6.91. The van der Waals surface area contributed by atoms with Crippen LogP contribution in [0.1, 0.15) is 51.7 Å². The third-order valence-corrected chi connectivity index (χ3v) is 3.86. The summed E-state index contributed by atoms with van der Waals surface area (Å²) in [5, 5.41) is 4.06. The first-order chi connectivity index (χ1) is 8.55. The number of likely N-dealkylation sites (tertiary alicyclic amines) is 1. The van der Waals surface area contributed by atoms with Gasteiger partial charge in [0.2, 0.25) is 5.89 Å². The van der Waals surface area contributed by atoms with Crippen molar-refractivity contribution in [2.75, 3.05) is 13.1 Å². The van der Waals surface area contributed by atoms with E-state index in [0.717, 1.165) is 38.8 Å². The minimum absolute atomic E-state index is 0.416. The van der Waals surface area contributed by atoms with Crippen LogP contribution in [0.25, 0.3) is 0 Å². The van der Waals surface area contributed by atoms with Gasteiger partial charge in [0.05, 0.1) is 5.54 Å². The largest absolute Gasteiger partial charge is 0.339 e. The zero-order valence-electron chi connectivity index (χ0n) is 11.6. The molecule has 1 atom stereocenters. The predicted molar refractivity (Wildman–Crippen MR) is 70.1 cm³/mol. The SMILES string of the molecule is CCc1nc(C2(N)CCCN(C(C)C)CC2)no1. The van der Waals surface area contributed by atoms with Gasteiger partial charge in [-0.05, 0) is 39.7 Å². The lowest BCUT2D eigenvalue weighted by Crippen LogP contribution is -2.39. The second-order valence-electron chi connectivity index (χ2n) is 5.50. The summed E-state index contributed by atoms with van der Waals surface area (Å²) in [5.74, 6) is 1.37. The van der Waals surface area contributed by atoms with Crippen molar-refractivity contribution >= 4 is 0 Å². The molecule has 18 heavy (non-hydrogen) atoms. The van der Waals surface area contributed by atoms with Gasteiger partial charge in [-0.2, -0.15) is 4.98 Å². The Balaban J connectivity index is 2.11. The van der Waals surface area contributed by atoms with Gasteiger partial charge in [0.1, 0.15) is 0 Å². The van der Waals surface area contributed by atoms with Crippen molar-refractivity contribution in [3.05, 3.63) is 11.7 Å². The molecule has 2 heterocycles. The van der Waals surface area contributed by atoms with Gasteiger partial charge in [0.25, 0.3) is 0 Å². The van der Waals surface area contributed by atoms with Gasteiger partial charge in [-0.3, -0.25) is 0 Å². The molecule has 0 saturated carbocycles. The van der Waals surface area contributed by atoms with Gasteiger partial charge in [-0.15, -0.1) is 0 Å². The van der Waals surface area contributed by atoms with Crippen molar-refractivity contribution in [3.8, 4) is 0 Å². The Bertz CT molecular complexity index is 390. The highest BCUT2D eigenvalue weighted by Gasteiger charge is 2.35. The molecule has 1 aliphatic rings. The molecular weight excluding hydrogens is 228 g/mol. The standard InChI is InChI=1S/C13H24N4O/c1-4-11-15-12(16-18-11)13(14)6-5-8-17(9-7-13)10(2)3/h10H,4-9,14H2,1-3H3. The van der Waals surface area contributed by atoms with E-state index in [1.807, 2.05) is 6.92 Å². The van der Waals surface area contributed by atoms with Crippen LogP contribution in [-0.4, -0.2) is 34.2 Å². The van der Waals surface area contributed by atoms with Gasteiger partial charge in [0.15, 0.2) is 5.82 Å². The molecule has 0 aliphatic carbocycles. The number of aromatic nitrogens is 2. The molecule has 5 heteroatoms. The van der Waals surface area contributed by atoms with E-state index in [9.17, 15) is 0 Å². The molecule has 1 saturated heterocycles. The zero-order chi connectivity index (χ0) is 13.2. The molecular formula is C13H24N4O. The molecule has 0 aromatic carbocycles. The average molecular weight is 252 g/mol. The Morgan fingerprint density at radius 2 is 2.17 bits per heavy atom. The van der Waals surface area contributed by atoms with Gasteiger partial charge in [-0.25, -0.2) is 0 Å². The summed E-state index contributed by atoms with van der Waals surface area (Å²) in [6.45, 7) is 8.58. The van der Waals surface area contributed by atoms with Gasteiger partial charge < -0.3 is 15.2 Å². The van der Waals surface area contributed by atoms with Crippen LogP contribution in [0.5, 0.6) is 0 Å². The smallest absolute Gasteiger partial charge is 0.226 e. The number of nitrogens with two attached hydrogens (primary N) is 1. The molecule has 5 nitrogen and oxygen atoms in total. The summed E-state index contributed by atoms with van der Waals surface area (Å²) in [6, 6.07) is 0.573. The Hall–Kier alpha value is -0.940. The highest BCUT2D eigenvalue weighted by atomic mass is 16.5. The lowest BCUT2D eigenvalue weighted by Gasteiger charge is -2.26. The molecule has 2 rings (SSSR count). The number of aryl methyl sites for hydroxylation is 1. The molecule has 0 spiro atoms. The summed E-state index contributed by atoms with van der Waals surface area (Å²) >= 11 is 0. The Kier molecular flexibility index (Phi) is 4.02. The van der Waals surface area contributed by atoms with Gasteiger partial charge in [-0.1, -0.05) is 12.1 Å². The van der Waals surface area contributed by atoms with E-state index >= 15 is 0 Å². The monoisotopic (exact) mass is 252 g/mol. The number of nitrogens with zero attached hydrogens (tertiary/aromatic N) is 3. The highest BCUT2D eigenvalue weighted by Crippen LogP contribution is 2.29. The van der Waals surface area contributed by atoms with Crippen LogP contribution in [0.2, 0.25) is 0 Å². The predicted octanol–water partition coefficient (Wildman–Crippen LogP) is 1.68. The minimum Gasteiger partial charge on any atom is -0.339 e. The second-order valence-corrected chi connectivity index (χ2v) is 5.50. The fraction of sp³-hybridized carbons (Fsp3) is 0.846. The average Bonchev–Trinajstić information content (AvgIpc) is 2.74. The fourth-order valence-electron chi connectivity index (χ4n) is 2.52. The maximum atomic E-state index is 6.50. The van der Waals surface area contributed by atoms with E-state index in [2.05, 4.69) is 28.9 Å². The molecule has 102 valence electrons. The maximum Gasteiger partial charge on any atom is 0.226 e. The van der Waals surface area contributed by atoms with E-state index < -0.39 is 5.54 Å². The van der Waals surface area contributed by atoms with E-state index in [1.165, 1.54) is 0 Å². The first-order valence-corrected chi connectivity index (χ1v) is 6.91. The Morgan fingerprint density at radius 3 is 2.78 bits per heavy atom. The molecule has 1 aliphatic heterocycles. The van der Waals surface area contributed by atoms with Gasteiger partial charge >= 0.3 is 0 Å². The lowest BCUT2D eigenvalue weighted by atomic mass is 9.91. The molecule has 1 aromatic rings. The van der Waals surface area contributed by atoms with Crippen molar-refractivity contribution in [1.82, 2.24) is 15.0 Å². The van der Waals surface area contributed by atoms with Crippen molar-refractivity contribution in [3.63, 3.8) is 0 Å². The van der Waals surface area contributed by atoms with E-state index in [0.29, 0.717) is 17.8 Å². The number of hydrogen-bond donors (Lipinski definition) is 1. The summed E-state index contributed by atoms with van der Waals surface area (Å²) in [4.78, 5) is 6.88. The fourth-order valence-corrected chi connectivity index (χ4v) is 2.52. The van der Waals surface area contributed by atoms with E-state index in [4.69, 9.17) is 10.3 Å². The van der Waals surface area contributed by atoms with Crippen LogP contribution >= 0.6 is 0 Å². The van der Waals surface area contributed by atoms with Crippen molar-refractivity contribution < 1.29 is 4.52 Å². The summed E-state index contributed by atoms with van der Waals surface area (Å²) in [7, 11) is 0. The topological polar surface area (TPSA) is 68.2 Å². The summed E-state index contributed by atoms with van der Waals surface area (Å²) in [5.41, 5.74) is 6.08. The number of hydrogen-bond acceptors (Lipinski definition) is 5. The summed E-state index contributed by atoms with van der Waals surface area (Å²) in [6.07, 6.45) is 3.68. The molecule has 0 amide bonds. The Labute approximate surface area is 109 Å². The van der Waals surface area contributed by atoms with Crippen LogP contribution in [-0.2, 0) is 12.0 Å². The van der Waals surface area contributed by atoms with Crippen LogP contribution in [0, 0.1) is 0 Å². The third kappa shape index (κ3) is 2.72. The molecule has 1 fully saturated rings. The van der Waals surface area contributed by atoms with E-state index in [1.54, 1.807) is 0 Å². The van der Waals surface area contributed by atoms with Crippen LogP contribution in [0.4, 0.5) is 0 Å². The number of rotatable bonds is 3. The van der Waals surface area contributed by atoms with Crippen LogP contribution < -0.4 is 5.73 Å². The highest BCUT2D eigenvalue weighted by molar-refractivity contribution is 5.05. The molecule has 2 N–H and O–H groups in total. The van der Waals surface area contributed by atoms with E-state index in [-0.39, 0.29) is 0 Å². The molecule has 1 unspecified atom stereocenters. The van der Waals surface area contributed by atoms with Crippen molar-refractivity contribution in [1.29, 1.82) is 0 Å². The molecule has 0 radical (unpaired) electrons.